The van der Waals surface area contributed by atoms with Crippen LogP contribution in [0.1, 0.15) is 40.9 Å². The summed E-state index contributed by atoms with van der Waals surface area (Å²) in [6.07, 6.45) is -6.55. The second-order valence-corrected chi connectivity index (χ2v) is 8.52. The van der Waals surface area contributed by atoms with Crippen molar-refractivity contribution >= 4 is 0 Å². The summed E-state index contributed by atoms with van der Waals surface area (Å²) in [4.78, 5) is 0. The fraction of sp³-hybridized carbons (Fsp3) is 0.478. The Bertz CT molecular complexity index is 1020. The number of phenolic OH excluding ortho intramolecular Hbond substituents is 2. The van der Waals surface area contributed by atoms with Crippen molar-refractivity contribution in [3.05, 3.63) is 46.5 Å². The summed E-state index contributed by atoms with van der Waals surface area (Å²) in [6, 6.07) is 6.63. The largest absolute Gasteiger partial charge is 0.508 e. The number of hydrogen-bond acceptors (Lipinski definition) is 9. The Morgan fingerprint density at radius 2 is 1.53 bits per heavy atom. The van der Waals surface area contributed by atoms with Gasteiger partial charge in [-0.2, -0.15) is 0 Å². The molecule has 5 rings (SSSR count). The van der Waals surface area contributed by atoms with Crippen LogP contribution in [-0.2, 0) is 9.47 Å². The van der Waals surface area contributed by atoms with E-state index in [4.69, 9.17) is 18.9 Å². The van der Waals surface area contributed by atoms with Crippen molar-refractivity contribution in [2.75, 3.05) is 6.61 Å². The van der Waals surface area contributed by atoms with Crippen molar-refractivity contribution in [2.24, 2.45) is 0 Å². The first-order chi connectivity index (χ1) is 15.3. The molecule has 0 spiro atoms. The number of aromatic hydroxyl groups is 2. The summed E-state index contributed by atoms with van der Waals surface area (Å²) < 4.78 is 24.3. The van der Waals surface area contributed by atoms with Crippen LogP contribution in [0.4, 0.5) is 0 Å². The van der Waals surface area contributed by atoms with Crippen molar-refractivity contribution < 1.29 is 44.5 Å². The van der Waals surface area contributed by atoms with Crippen LogP contribution in [-0.4, -0.2) is 62.8 Å². The number of ether oxygens (including phenoxy) is 4. The SMILES string of the molecule is Cc1c(O)c(C)c2c3c1OC(c1ccc(O)cc1)CC3OC1C(O2)OC(CO)C(O)C1O. The topological polar surface area (TPSA) is 138 Å². The second kappa shape index (κ2) is 7.79. The maximum atomic E-state index is 10.8. The van der Waals surface area contributed by atoms with Gasteiger partial charge in [0.2, 0.25) is 6.29 Å². The highest BCUT2D eigenvalue weighted by Crippen LogP contribution is 2.55. The van der Waals surface area contributed by atoms with Crippen molar-refractivity contribution in [2.45, 2.75) is 63.2 Å². The quantitative estimate of drug-likeness (QED) is 0.464. The monoisotopic (exact) mass is 446 g/mol. The molecule has 5 N–H and O–H groups in total. The average Bonchev–Trinajstić information content (AvgIpc) is 2.96. The maximum absolute atomic E-state index is 10.8. The molecule has 3 heterocycles. The minimum absolute atomic E-state index is 0.0115. The Labute approximate surface area is 184 Å². The molecule has 1 saturated heterocycles. The normalized spacial score (nSPS) is 33.3. The number of fused-ring (bicyclic) bond motifs is 1. The van der Waals surface area contributed by atoms with Crippen LogP contribution in [0.2, 0.25) is 0 Å². The summed E-state index contributed by atoms with van der Waals surface area (Å²) in [7, 11) is 0. The molecule has 0 bridgehead atoms. The molecule has 0 saturated carbocycles. The molecule has 1 fully saturated rings. The number of hydrogen-bond donors (Lipinski definition) is 5. The van der Waals surface area contributed by atoms with Crippen molar-refractivity contribution in [1.29, 1.82) is 0 Å². The highest BCUT2D eigenvalue weighted by molar-refractivity contribution is 5.63. The lowest BCUT2D eigenvalue weighted by molar-refractivity contribution is -0.292. The van der Waals surface area contributed by atoms with E-state index in [-0.39, 0.29) is 11.5 Å². The standard InChI is InChI=1S/C23H26O9/c1-9-17(26)10(2)21-16-14(7-13(29-20(9)16)11-3-5-12(25)6-4-11)30-22-19(28)18(27)15(8-24)31-23(22)32-21/h3-6,13-15,18-19,22-28H,7-8H2,1-2H3. The van der Waals surface area contributed by atoms with Gasteiger partial charge in [-0.05, 0) is 31.5 Å². The summed E-state index contributed by atoms with van der Waals surface area (Å²) in [5.74, 6) is 0.904. The first-order valence-electron chi connectivity index (χ1n) is 10.6. The summed E-state index contributed by atoms with van der Waals surface area (Å²) >= 11 is 0. The Morgan fingerprint density at radius 1 is 0.875 bits per heavy atom. The van der Waals surface area contributed by atoms with Gasteiger partial charge in [0.25, 0.3) is 0 Å². The lowest BCUT2D eigenvalue weighted by Gasteiger charge is -2.41. The summed E-state index contributed by atoms with van der Waals surface area (Å²) in [5.41, 5.74) is 2.42. The van der Waals surface area contributed by atoms with Gasteiger partial charge in [-0.1, -0.05) is 12.1 Å². The molecule has 3 aliphatic heterocycles. The van der Waals surface area contributed by atoms with Crippen LogP contribution in [0, 0.1) is 13.8 Å². The van der Waals surface area contributed by atoms with E-state index in [0.717, 1.165) is 5.56 Å². The Morgan fingerprint density at radius 3 is 2.19 bits per heavy atom. The first-order valence-corrected chi connectivity index (χ1v) is 10.6. The number of rotatable bonds is 2. The Balaban J connectivity index is 1.61. The van der Waals surface area contributed by atoms with Crippen molar-refractivity contribution in [1.82, 2.24) is 0 Å². The molecule has 0 aliphatic carbocycles. The minimum Gasteiger partial charge on any atom is -0.508 e. The van der Waals surface area contributed by atoms with Crippen LogP contribution >= 0.6 is 0 Å². The van der Waals surface area contributed by atoms with Gasteiger partial charge < -0.3 is 44.5 Å². The van der Waals surface area contributed by atoms with Gasteiger partial charge in [-0.15, -0.1) is 0 Å². The molecular formula is C23H26O9. The third-order valence-corrected chi connectivity index (χ3v) is 6.54. The van der Waals surface area contributed by atoms with Crippen LogP contribution in [0.15, 0.2) is 24.3 Å². The molecule has 0 aromatic heterocycles. The number of phenols is 2. The van der Waals surface area contributed by atoms with Crippen LogP contribution in [0.3, 0.4) is 0 Å². The van der Waals surface area contributed by atoms with E-state index in [9.17, 15) is 25.5 Å². The van der Waals surface area contributed by atoms with Crippen molar-refractivity contribution in [3.8, 4) is 23.0 Å². The van der Waals surface area contributed by atoms with Gasteiger partial charge >= 0.3 is 0 Å². The predicted molar refractivity (Wildman–Crippen MR) is 110 cm³/mol. The molecule has 0 radical (unpaired) electrons. The van der Waals surface area contributed by atoms with Gasteiger partial charge in [-0.3, -0.25) is 0 Å². The second-order valence-electron chi connectivity index (χ2n) is 8.52. The smallest absolute Gasteiger partial charge is 0.229 e. The van der Waals surface area contributed by atoms with Gasteiger partial charge in [0.05, 0.1) is 18.3 Å². The lowest BCUT2D eigenvalue weighted by Crippen LogP contribution is -2.60. The number of benzene rings is 2. The average molecular weight is 446 g/mol. The molecule has 0 amide bonds. The minimum atomic E-state index is -1.35. The zero-order valence-electron chi connectivity index (χ0n) is 17.6. The van der Waals surface area contributed by atoms with E-state index in [1.807, 2.05) is 0 Å². The Hall–Kier alpha value is -2.56. The van der Waals surface area contributed by atoms with Crippen molar-refractivity contribution in [3.63, 3.8) is 0 Å². The van der Waals surface area contributed by atoms with E-state index in [1.165, 1.54) is 0 Å². The first kappa shape index (κ1) is 21.3. The molecule has 9 heteroatoms. The van der Waals surface area contributed by atoms with Gasteiger partial charge in [-0.25, -0.2) is 0 Å². The summed E-state index contributed by atoms with van der Waals surface area (Å²) in [6.45, 7) is 2.94. The molecular weight excluding hydrogens is 420 g/mol. The molecule has 7 atom stereocenters. The molecule has 2 aromatic carbocycles. The third kappa shape index (κ3) is 3.20. The van der Waals surface area contributed by atoms with E-state index in [2.05, 4.69) is 0 Å². The fourth-order valence-electron chi connectivity index (χ4n) is 4.72. The zero-order chi connectivity index (χ0) is 22.7. The highest BCUT2D eigenvalue weighted by Gasteiger charge is 2.51. The molecule has 3 aliphatic rings. The molecule has 32 heavy (non-hydrogen) atoms. The third-order valence-electron chi connectivity index (χ3n) is 6.54. The molecule has 9 nitrogen and oxygen atoms in total. The lowest BCUT2D eigenvalue weighted by atomic mass is 9.90. The van der Waals surface area contributed by atoms with E-state index in [0.29, 0.717) is 34.6 Å². The van der Waals surface area contributed by atoms with Gasteiger partial charge in [0.15, 0.2) is 0 Å². The summed E-state index contributed by atoms with van der Waals surface area (Å²) in [5, 5.41) is 51.0. The predicted octanol–water partition coefficient (Wildman–Crippen LogP) is 1.50. The van der Waals surface area contributed by atoms with Crippen LogP contribution in [0.5, 0.6) is 23.0 Å². The van der Waals surface area contributed by atoms with Crippen LogP contribution < -0.4 is 9.47 Å². The number of aliphatic hydroxyl groups is 3. The maximum Gasteiger partial charge on any atom is 0.229 e. The van der Waals surface area contributed by atoms with Crippen LogP contribution in [0.25, 0.3) is 0 Å². The highest BCUT2D eigenvalue weighted by atomic mass is 16.7. The Kier molecular flexibility index (Phi) is 5.18. The van der Waals surface area contributed by atoms with Gasteiger partial charge in [0, 0.05) is 17.5 Å². The molecule has 7 unspecified atom stereocenters. The zero-order valence-corrected chi connectivity index (χ0v) is 17.6. The van der Waals surface area contributed by atoms with E-state index < -0.39 is 49.5 Å². The number of aliphatic hydroxyl groups excluding tert-OH is 3. The van der Waals surface area contributed by atoms with E-state index >= 15 is 0 Å². The molecule has 2 aromatic rings. The van der Waals surface area contributed by atoms with E-state index in [1.54, 1.807) is 38.1 Å². The van der Waals surface area contributed by atoms with Gasteiger partial charge in [0.1, 0.15) is 53.5 Å². The molecule has 172 valence electrons. The fourth-order valence-corrected chi connectivity index (χ4v) is 4.72.